The molecule has 3 heteroatoms. The zero-order valence-electron chi connectivity index (χ0n) is 4.01. The fraction of sp³-hybridized carbons (Fsp3) is 0.500. The van der Waals surface area contributed by atoms with E-state index in [4.69, 9.17) is 0 Å². The molecule has 0 amide bonds. The van der Waals surface area contributed by atoms with E-state index in [1.54, 1.807) is 11.8 Å². The summed E-state index contributed by atoms with van der Waals surface area (Å²) in [5.41, 5.74) is 3.74. The minimum absolute atomic E-state index is 0.948. The molecule has 1 aliphatic rings. The molecule has 0 saturated heterocycles. The molecule has 0 aromatic carbocycles. The van der Waals surface area contributed by atoms with Gasteiger partial charge in [-0.1, -0.05) is 11.8 Å². The number of thioether (sulfide) groups is 1. The topological polar surface area (TPSA) is 24.7 Å². The van der Waals surface area contributed by atoms with Crippen LogP contribution in [0.4, 0.5) is 0 Å². The lowest BCUT2D eigenvalue weighted by Gasteiger charge is -1.94. The molecule has 0 aromatic rings. The summed E-state index contributed by atoms with van der Waals surface area (Å²) in [5, 5.41) is 7.30. The Morgan fingerprint density at radius 2 is 2.71 bits per heavy atom. The highest BCUT2D eigenvalue weighted by Gasteiger charge is 1.93. The van der Waals surface area contributed by atoms with E-state index in [1.165, 1.54) is 0 Å². The van der Waals surface area contributed by atoms with E-state index in [9.17, 15) is 0 Å². The molecule has 0 saturated carbocycles. The van der Waals surface area contributed by atoms with Crippen molar-refractivity contribution in [3.8, 4) is 0 Å². The minimum Gasteiger partial charge on any atom is -0.158 e. The summed E-state index contributed by atoms with van der Waals surface area (Å²) in [7, 11) is 0. The first-order valence-electron chi connectivity index (χ1n) is 1.99. The quantitative estimate of drug-likeness (QED) is 0.460. The smallest absolute Gasteiger partial charge is 0.153 e. The molecule has 0 aliphatic carbocycles. The Kier molecular flexibility index (Phi) is 1.46. The van der Waals surface area contributed by atoms with Gasteiger partial charge in [0.1, 0.15) is 0 Å². The van der Waals surface area contributed by atoms with Gasteiger partial charge in [-0.2, -0.15) is 5.10 Å². The van der Waals surface area contributed by atoms with Crippen LogP contribution in [0.1, 0.15) is 6.92 Å². The van der Waals surface area contributed by atoms with Gasteiger partial charge in [-0.15, -0.1) is 5.10 Å². The van der Waals surface area contributed by atoms with Crippen molar-refractivity contribution in [1.82, 2.24) is 0 Å². The fourth-order valence-electron chi connectivity index (χ4n) is 0.300. The molecule has 1 rings (SSSR count). The Balaban J connectivity index is 2.57. The van der Waals surface area contributed by atoms with Crippen LogP contribution in [0.15, 0.2) is 10.2 Å². The van der Waals surface area contributed by atoms with Crippen LogP contribution in [0.2, 0.25) is 0 Å². The summed E-state index contributed by atoms with van der Waals surface area (Å²) in [6.45, 7) is 1.96. The van der Waals surface area contributed by atoms with Gasteiger partial charge in [0.25, 0.3) is 0 Å². The zero-order valence-corrected chi connectivity index (χ0v) is 4.83. The van der Waals surface area contributed by atoms with Gasteiger partial charge in [-0.3, -0.25) is 0 Å². The van der Waals surface area contributed by atoms with E-state index in [0.29, 0.717) is 0 Å². The average Bonchev–Trinajstić information content (AvgIpc) is 1.69. The largest absolute Gasteiger partial charge is 0.158 e. The van der Waals surface area contributed by atoms with Crippen molar-refractivity contribution in [1.29, 1.82) is 0 Å². The van der Waals surface area contributed by atoms with Gasteiger partial charge in [0.2, 0.25) is 0 Å². The maximum Gasteiger partial charge on any atom is 0.153 e. The Hall–Kier alpha value is -0.310. The van der Waals surface area contributed by atoms with Crippen LogP contribution in [0.25, 0.3) is 0 Å². The maximum absolute atomic E-state index is 3.74. The number of hydrogen-bond donors (Lipinski definition) is 0. The minimum atomic E-state index is 0.948. The maximum atomic E-state index is 3.74. The number of rotatable bonds is 0. The number of hydrogen-bond acceptors (Lipinski definition) is 3. The lowest BCUT2D eigenvalue weighted by molar-refractivity contribution is 1.24. The Labute approximate surface area is 46.7 Å². The molecule has 1 radical (unpaired) electrons. The van der Waals surface area contributed by atoms with Gasteiger partial charge in [0, 0.05) is 11.5 Å². The predicted molar refractivity (Wildman–Crippen MR) is 33.0 cm³/mol. The summed E-state index contributed by atoms with van der Waals surface area (Å²) >= 11 is 1.56. The van der Waals surface area contributed by atoms with Gasteiger partial charge in [-0.05, 0) is 6.92 Å². The average molecular weight is 113 g/mol. The van der Waals surface area contributed by atoms with Crippen molar-refractivity contribution in [2.24, 2.45) is 10.2 Å². The molecule has 0 aromatic heterocycles. The summed E-state index contributed by atoms with van der Waals surface area (Å²) in [5.74, 6) is 0.948. The molecule has 2 nitrogen and oxygen atoms in total. The van der Waals surface area contributed by atoms with E-state index in [-0.39, 0.29) is 0 Å². The second kappa shape index (κ2) is 2.12. The van der Waals surface area contributed by atoms with Gasteiger partial charge >= 0.3 is 0 Å². The Morgan fingerprint density at radius 1 is 1.86 bits per heavy atom. The fourth-order valence-corrected chi connectivity index (χ4v) is 0.730. The van der Waals surface area contributed by atoms with Crippen molar-refractivity contribution in [2.45, 2.75) is 6.92 Å². The van der Waals surface area contributed by atoms with E-state index < -0.39 is 0 Å². The highest BCUT2D eigenvalue weighted by atomic mass is 32.2. The summed E-state index contributed by atoms with van der Waals surface area (Å²) in [6, 6.07) is 0. The molecule has 0 unspecified atom stereocenters. The van der Waals surface area contributed by atoms with Crippen LogP contribution < -0.4 is 0 Å². The lowest BCUT2D eigenvalue weighted by atomic mass is 10.5. The third-order valence-corrected chi connectivity index (χ3v) is 1.38. The molecular weight excluding hydrogens is 108 g/mol. The van der Waals surface area contributed by atoms with Crippen LogP contribution in [-0.2, 0) is 0 Å². The first kappa shape index (κ1) is 4.84. The molecule has 7 heavy (non-hydrogen) atoms. The summed E-state index contributed by atoms with van der Waals surface area (Å²) < 4.78 is 0. The van der Waals surface area contributed by atoms with Crippen molar-refractivity contribution in [3.05, 3.63) is 0 Å². The Morgan fingerprint density at radius 3 is 3.00 bits per heavy atom. The van der Waals surface area contributed by atoms with Gasteiger partial charge in [0.15, 0.2) is 5.55 Å². The van der Waals surface area contributed by atoms with Gasteiger partial charge in [-0.25, -0.2) is 0 Å². The Bertz CT molecular complexity index is 117. The first-order valence-corrected chi connectivity index (χ1v) is 2.98. The normalized spacial score (nSPS) is 19.3. The van der Waals surface area contributed by atoms with Crippen molar-refractivity contribution < 1.29 is 0 Å². The summed E-state index contributed by atoms with van der Waals surface area (Å²) in [4.78, 5) is 0. The van der Waals surface area contributed by atoms with E-state index in [1.807, 2.05) is 6.92 Å². The highest BCUT2D eigenvalue weighted by molar-refractivity contribution is 8.12. The first-order chi connectivity index (χ1) is 3.39. The van der Waals surface area contributed by atoms with Crippen LogP contribution in [-0.4, -0.2) is 17.0 Å². The SMILES string of the molecule is CC1=NN=[C]SC1. The third-order valence-electron chi connectivity index (χ3n) is 0.607. The molecule has 0 atom stereocenters. The second-order valence-corrected chi connectivity index (χ2v) is 2.08. The highest BCUT2D eigenvalue weighted by Crippen LogP contribution is 2.01. The van der Waals surface area contributed by atoms with Gasteiger partial charge < -0.3 is 0 Å². The standard InChI is InChI=1S/C4H5N2S/c1-4-2-7-3-5-6-4/h2H2,1H3. The van der Waals surface area contributed by atoms with Crippen molar-refractivity contribution >= 4 is 23.0 Å². The molecular formula is C4H5N2S. The van der Waals surface area contributed by atoms with Crippen LogP contribution in [0.3, 0.4) is 0 Å². The molecule has 0 spiro atoms. The zero-order chi connectivity index (χ0) is 5.11. The lowest BCUT2D eigenvalue weighted by Crippen LogP contribution is -1.96. The van der Waals surface area contributed by atoms with E-state index in [2.05, 4.69) is 15.7 Å². The molecule has 0 bridgehead atoms. The number of nitrogens with zero attached hydrogens (tertiary/aromatic N) is 2. The van der Waals surface area contributed by atoms with Crippen molar-refractivity contribution in [3.63, 3.8) is 0 Å². The second-order valence-electron chi connectivity index (χ2n) is 1.32. The monoisotopic (exact) mass is 113 g/mol. The molecule has 37 valence electrons. The molecule has 0 fully saturated rings. The van der Waals surface area contributed by atoms with Crippen LogP contribution in [0.5, 0.6) is 0 Å². The van der Waals surface area contributed by atoms with E-state index >= 15 is 0 Å². The predicted octanol–water partition coefficient (Wildman–Crippen LogP) is 1.01. The van der Waals surface area contributed by atoms with Crippen LogP contribution in [0, 0.1) is 0 Å². The van der Waals surface area contributed by atoms with Crippen LogP contribution >= 0.6 is 11.8 Å². The van der Waals surface area contributed by atoms with Crippen molar-refractivity contribution in [2.75, 3.05) is 5.75 Å². The third kappa shape index (κ3) is 1.31. The summed E-state index contributed by atoms with van der Waals surface area (Å²) in [6.07, 6.45) is 0. The molecule has 1 aliphatic heterocycles. The molecule has 0 N–H and O–H groups in total. The van der Waals surface area contributed by atoms with E-state index in [0.717, 1.165) is 11.5 Å². The van der Waals surface area contributed by atoms with Gasteiger partial charge in [0.05, 0.1) is 0 Å². The molecule has 1 heterocycles.